The number of β-lactam (4-membered cyclic amide) rings is 1. The summed E-state index contributed by atoms with van der Waals surface area (Å²) in [5.41, 5.74) is 0. The van der Waals surface area contributed by atoms with E-state index in [1.54, 1.807) is 37.7 Å². The number of amides is 2. The van der Waals surface area contributed by atoms with Gasteiger partial charge in [0, 0.05) is 43.8 Å². The van der Waals surface area contributed by atoms with Crippen LogP contribution in [0.5, 0.6) is 0 Å². The maximum atomic E-state index is 12.5. The Hall–Kier alpha value is -1.78. The van der Waals surface area contributed by atoms with Crippen molar-refractivity contribution in [1.29, 1.82) is 0 Å². The molecule has 2 amide bonds. The minimum atomic E-state index is -1.45. The van der Waals surface area contributed by atoms with E-state index < -0.39 is 18.2 Å². The number of ether oxygens (including phenoxy) is 1. The van der Waals surface area contributed by atoms with Crippen molar-refractivity contribution in [3.05, 3.63) is 10.8 Å². The number of carboxylic acid groups (broad SMARTS) is 1. The van der Waals surface area contributed by atoms with E-state index in [4.69, 9.17) is 4.74 Å². The Morgan fingerprint density at radius 2 is 2.03 bits per heavy atom. The largest absolute Gasteiger partial charge is 0.512 e. The van der Waals surface area contributed by atoms with Gasteiger partial charge in [0.2, 0.25) is 17.7 Å². The molecule has 166 valence electrons. The molecule has 0 aromatic heterocycles. The molecule has 2 saturated heterocycles. The molecule has 1 saturated carbocycles. The highest BCUT2D eigenvalue weighted by molar-refractivity contribution is 8.03. The number of aliphatic hydroxyl groups excluding tert-OH is 1. The lowest BCUT2D eigenvalue weighted by molar-refractivity contribution is -0.163. The first-order valence-electron chi connectivity index (χ1n) is 10.4. The molecule has 0 aromatic rings. The third-order valence-electron chi connectivity index (χ3n) is 6.78. The second-order valence-electron chi connectivity index (χ2n) is 9.02. The minimum absolute atomic E-state index is 0.0863. The number of carbonyl (C=O) groups is 3. The first kappa shape index (κ1) is 21.5. The van der Waals surface area contributed by atoms with E-state index in [-0.39, 0.29) is 46.9 Å². The van der Waals surface area contributed by atoms with Crippen molar-refractivity contribution in [2.75, 3.05) is 20.6 Å². The predicted octanol–water partition coefficient (Wildman–Crippen LogP) is 0.896. The Morgan fingerprint density at radius 3 is 2.63 bits per heavy atom. The van der Waals surface area contributed by atoms with Crippen LogP contribution in [0.25, 0.3) is 0 Å². The van der Waals surface area contributed by atoms with Crippen LogP contribution in [-0.2, 0) is 14.3 Å². The highest BCUT2D eigenvalue weighted by atomic mass is 32.2. The van der Waals surface area contributed by atoms with Crippen LogP contribution in [0.15, 0.2) is 10.8 Å². The maximum absolute atomic E-state index is 12.5. The molecule has 0 bridgehead atoms. The molecule has 3 fully saturated rings. The molecule has 2 unspecified atom stereocenters. The molecular weight excluding hydrogens is 410 g/mol. The van der Waals surface area contributed by atoms with Crippen LogP contribution in [0.4, 0.5) is 4.79 Å². The van der Waals surface area contributed by atoms with Crippen molar-refractivity contribution >= 4 is 29.7 Å². The van der Waals surface area contributed by atoms with Crippen LogP contribution in [0.3, 0.4) is 0 Å². The summed E-state index contributed by atoms with van der Waals surface area (Å²) < 4.78 is 5.03. The lowest BCUT2D eigenvalue weighted by atomic mass is 9.79. The highest BCUT2D eigenvalue weighted by Crippen LogP contribution is 2.53. The molecule has 9 nitrogen and oxygen atoms in total. The van der Waals surface area contributed by atoms with Crippen LogP contribution in [0.2, 0.25) is 0 Å². The number of fused-ring (bicyclic) bond motifs is 1. The van der Waals surface area contributed by atoms with E-state index in [9.17, 15) is 24.6 Å². The number of rotatable bonds is 6. The number of hydrogen-bond donors (Lipinski definition) is 3. The molecular formula is C20H29N3O6S. The first-order valence-corrected chi connectivity index (χ1v) is 11.3. The van der Waals surface area contributed by atoms with E-state index in [1.807, 2.05) is 6.92 Å². The quantitative estimate of drug-likeness (QED) is 0.412. The van der Waals surface area contributed by atoms with Crippen LogP contribution in [0.1, 0.15) is 26.7 Å². The number of nitrogens with zero attached hydrogens (tertiary/aromatic N) is 2. The van der Waals surface area contributed by atoms with Gasteiger partial charge in [-0.05, 0) is 25.7 Å². The summed E-state index contributed by atoms with van der Waals surface area (Å²) in [6.45, 7) is 4.29. The average molecular weight is 440 g/mol. The summed E-state index contributed by atoms with van der Waals surface area (Å²) >= 11 is 1.56. The zero-order valence-corrected chi connectivity index (χ0v) is 18.4. The Kier molecular flexibility index (Phi) is 5.52. The molecule has 10 heteroatoms. The third kappa shape index (κ3) is 3.48. The van der Waals surface area contributed by atoms with Crippen LogP contribution in [-0.4, -0.2) is 82.1 Å². The summed E-state index contributed by atoms with van der Waals surface area (Å²) in [5.74, 6) is -0.232. The number of thioether (sulfide) groups is 1. The second kappa shape index (κ2) is 7.72. The van der Waals surface area contributed by atoms with Gasteiger partial charge in [-0.3, -0.25) is 14.5 Å². The fourth-order valence-electron chi connectivity index (χ4n) is 5.21. The fraction of sp³-hybridized carbons (Fsp3) is 0.750. The van der Waals surface area contributed by atoms with Crippen LogP contribution < -0.4 is 5.32 Å². The van der Waals surface area contributed by atoms with E-state index in [1.165, 1.54) is 4.90 Å². The van der Waals surface area contributed by atoms with Crippen molar-refractivity contribution in [2.45, 2.75) is 50.1 Å². The average Bonchev–Trinajstić information content (AvgIpc) is 3.25. The molecule has 0 aromatic carbocycles. The molecule has 3 aliphatic heterocycles. The van der Waals surface area contributed by atoms with Crippen molar-refractivity contribution in [3.63, 3.8) is 0 Å². The van der Waals surface area contributed by atoms with Crippen molar-refractivity contribution < 1.29 is 29.3 Å². The Bertz CT molecular complexity index is 799. The number of aliphatic hydroxyl groups is 1. The summed E-state index contributed by atoms with van der Waals surface area (Å²) in [6, 6.07) is -0.00791. The zero-order valence-electron chi connectivity index (χ0n) is 17.6. The lowest BCUT2D eigenvalue weighted by Crippen LogP contribution is -2.63. The van der Waals surface area contributed by atoms with Gasteiger partial charge in [-0.25, -0.2) is 4.79 Å². The van der Waals surface area contributed by atoms with Crippen molar-refractivity contribution in [1.82, 2.24) is 15.1 Å². The standard InChI is InChI=1S/C20H29N3O6S/c1-8-15-14(9(2)24)18(26)23(15)19(29-20(27)28)16(8)30-10-5-13(21-7-10)11-6-12(11)17(25)22(3)4/h8-15,21,24H,5-7H2,1-4H3,(H,27,28)/t8-,9-,10+,11?,12?,13+,14-,15-/m1/s1. The van der Waals surface area contributed by atoms with Gasteiger partial charge in [0.1, 0.15) is 0 Å². The van der Waals surface area contributed by atoms with Gasteiger partial charge in [0.05, 0.1) is 23.0 Å². The van der Waals surface area contributed by atoms with Gasteiger partial charge < -0.3 is 25.2 Å². The van der Waals surface area contributed by atoms with Gasteiger partial charge >= 0.3 is 6.16 Å². The summed E-state index contributed by atoms with van der Waals surface area (Å²) in [5, 5.41) is 22.9. The van der Waals surface area contributed by atoms with Gasteiger partial charge in [-0.2, -0.15) is 0 Å². The third-order valence-corrected chi connectivity index (χ3v) is 8.27. The number of hydrogen-bond acceptors (Lipinski definition) is 7. The van der Waals surface area contributed by atoms with E-state index in [0.717, 1.165) is 24.3 Å². The molecule has 8 atom stereocenters. The molecule has 3 N–H and O–H groups in total. The Morgan fingerprint density at radius 1 is 1.33 bits per heavy atom. The summed E-state index contributed by atoms with van der Waals surface area (Å²) in [6.07, 6.45) is -0.467. The SMILES string of the molecule is C[C@@H](O)[C@H]1C(=O)N2C(OC(=O)O)=C(S[C@@H]3CN[C@H](C4CC4C(=O)N(C)C)C3)[C@H](C)[C@H]12. The van der Waals surface area contributed by atoms with Crippen molar-refractivity contribution in [3.8, 4) is 0 Å². The summed E-state index contributed by atoms with van der Waals surface area (Å²) in [4.78, 5) is 39.7. The number of carbonyl (C=O) groups excluding carboxylic acids is 2. The molecule has 0 spiro atoms. The smallest absolute Gasteiger partial charge is 0.449 e. The van der Waals surface area contributed by atoms with Gasteiger partial charge in [0.25, 0.3) is 0 Å². The first-order chi connectivity index (χ1) is 14.1. The van der Waals surface area contributed by atoms with E-state index in [0.29, 0.717) is 5.92 Å². The second-order valence-corrected chi connectivity index (χ2v) is 10.4. The monoisotopic (exact) mass is 439 g/mol. The lowest BCUT2D eigenvalue weighted by Gasteiger charge is -2.45. The molecule has 1 aliphatic carbocycles. The van der Waals surface area contributed by atoms with E-state index >= 15 is 0 Å². The van der Waals surface area contributed by atoms with E-state index in [2.05, 4.69) is 5.32 Å². The molecule has 30 heavy (non-hydrogen) atoms. The summed E-state index contributed by atoms with van der Waals surface area (Å²) in [7, 11) is 3.56. The fourth-order valence-corrected chi connectivity index (χ4v) is 6.64. The minimum Gasteiger partial charge on any atom is -0.449 e. The topological polar surface area (TPSA) is 119 Å². The molecule has 4 aliphatic rings. The molecule has 0 radical (unpaired) electrons. The Balaban J connectivity index is 1.44. The number of nitrogens with one attached hydrogen (secondary N) is 1. The normalized spacial score (nSPS) is 38.2. The van der Waals surface area contributed by atoms with Gasteiger partial charge in [-0.1, -0.05) is 6.92 Å². The van der Waals surface area contributed by atoms with Crippen LogP contribution in [0, 0.1) is 23.7 Å². The molecule has 3 heterocycles. The van der Waals surface area contributed by atoms with Gasteiger partial charge in [0.15, 0.2) is 0 Å². The van der Waals surface area contributed by atoms with Crippen molar-refractivity contribution in [2.24, 2.45) is 23.7 Å². The molecule has 4 rings (SSSR count). The van der Waals surface area contributed by atoms with Crippen LogP contribution >= 0.6 is 11.8 Å². The van der Waals surface area contributed by atoms with Gasteiger partial charge in [-0.15, -0.1) is 11.8 Å². The highest BCUT2D eigenvalue weighted by Gasteiger charge is 2.60. The predicted molar refractivity (Wildman–Crippen MR) is 109 cm³/mol. The maximum Gasteiger partial charge on any atom is 0.512 e. The zero-order chi connectivity index (χ0) is 21.9. The Labute approximate surface area is 179 Å².